The molecule has 0 saturated heterocycles. The minimum Gasteiger partial charge on any atom is -0.477 e. The Morgan fingerprint density at radius 3 is 2.14 bits per heavy atom. The van der Waals surface area contributed by atoms with Gasteiger partial charge in [-0.25, -0.2) is 9.78 Å². The fourth-order valence-electron chi connectivity index (χ4n) is 3.10. The average Bonchev–Trinajstić information content (AvgIpc) is 3.09. The van der Waals surface area contributed by atoms with E-state index < -0.39 is 5.97 Å². The highest BCUT2D eigenvalue weighted by Crippen LogP contribution is 2.45. The van der Waals surface area contributed by atoms with Crippen LogP contribution < -0.4 is 0 Å². The molecule has 1 heterocycles. The Morgan fingerprint density at radius 1 is 1.00 bits per heavy atom. The van der Waals surface area contributed by atoms with Crippen LogP contribution in [0, 0.1) is 0 Å². The van der Waals surface area contributed by atoms with Gasteiger partial charge in [-0.1, -0.05) is 48.5 Å². The summed E-state index contributed by atoms with van der Waals surface area (Å²) in [6, 6.07) is 16.1. The highest BCUT2D eigenvalue weighted by atomic mass is 16.4. The fraction of sp³-hybridized carbons (Fsp3) is 0.0588. The molecule has 0 radical (unpaired) electrons. The second-order valence-electron chi connectivity index (χ2n) is 5.07. The molecule has 0 saturated carbocycles. The van der Waals surface area contributed by atoms with Gasteiger partial charge in [0.25, 0.3) is 0 Å². The van der Waals surface area contributed by atoms with Gasteiger partial charge in [0.15, 0.2) is 0 Å². The second kappa shape index (κ2) is 4.31. The van der Waals surface area contributed by atoms with Crippen molar-refractivity contribution in [2.24, 2.45) is 0 Å². The number of aromatic nitrogens is 2. The van der Waals surface area contributed by atoms with Crippen molar-refractivity contribution in [1.82, 2.24) is 9.55 Å². The van der Waals surface area contributed by atoms with Crippen molar-refractivity contribution in [1.29, 1.82) is 0 Å². The molecule has 1 N–H and O–H groups in total. The monoisotopic (exact) mass is 276 g/mol. The molecule has 4 rings (SSSR count). The molecular formula is C17H12N2O2. The maximum atomic E-state index is 11.4. The van der Waals surface area contributed by atoms with Crippen LogP contribution in [-0.4, -0.2) is 20.6 Å². The zero-order chi connectivity index (χ0) is 14.4. The summed E-state index contributed by atoms with van der Waals surface area (Å²) in [6.45, 7) is 0. The maximum Gasteiger partial charge on any atom is 0.354 e. The van der Waals surface area contributed by atoms with Gasteiger partial charge < -0.3 is 9.67 Å². The zero-order valence-corrected chi connectivity index (χ0v) is 11.1. The molecule has 0 fully saturated rings. The smallest absolute Gasteiger partial charge is 0.354 e. The van der Waals surface area contributed by atoms with E-state index in [-0.39, 0.29) is 11.7 Å². The molecular weight excluding hydrogens is 264 g/mol. The van der Waals surface area contributed by atoms with Gasteiger partial charge in [0.1, 0.15) is 5.69 Å². The molecule has 102 valence electrons. The van der Waals surface area contributed by atoms with Crippen LogP contribution in [-0.2, 0) is 0 Å². The van der Waals surface area contributed by atoms with E-state index in [1.807, 2.05) is 36.4 Å². The topological polar surface area (TPSA) is 55.1 Å². The van der Waals surface area contributed by atoms with Crippen molar-refractivity contribution in [3.63, 3.8) is 0 Å². The van der Waals surface area contributed by atoms with E-state index in [0.29, 0.717) is 0 Å². The lowest BCUT2D eigenvalue weighted by Gasteiger charge is -2.17. The van der Waals surface area contributed by atoms with Crippen LogP contribution in [0.5, 0.6) is 0 Å². The summed E-state index contributed by atoms with van der Waals surface area (Å²) in [5, 5.41) is 9.35. The molecule has 1 aliphatic rings. The summed E-state index contributed by atoms with van der Waals surface area (Å²) in [4.78, 5) is 15.4. The first kappa shape index (κ1) is 11.9. The van der Waals surface area contributed by atoms with Crippen LogP contribution in [0.15, 0.2) is 61.1 Å². The first-order valence-electron chi connectivity index (χ1n) is 6.70. The summed E-state index contributed by atoms with van der Waals surface area (Å²) >= 11 is 0. The molecule has 4 nitrogen and oxygen atoms in total. The van der Waals surface area contributed by atoms with Crippen molar-refractivity contribution >= 4 is 5.97 Å². The number of aromatic carboxylic acids is 1. The molecule has 0 aliphatic heterocycles. The number of carboxylic acid groups (broad SMARTS) is 1. The van der Waals surface area contributed by atoms with E-state index in [9.17, 15) is 9.90 Å². The standard InChI is InChI=1S/C17H12N2O2/c20-17(21)15-9-18-10-19(15)16-13-7-3-1-5-11(13)12-6-2-4-8-14(12)16/h1-10,16H,(H,20,21). The third kappa shape index (κ3) is 1.62. The summed E-state index contributed by atoms with van der Waals surface area (Å²) in [5.74, 6) is -0.964. The van der Waals surface area contributed by atoms with Gasteiger partial charge in [-0.3, -0.25) is 0 Å². The summed E-state index contributed by atoms with van der Waals surface area (Å²) in [6.07, 6.45) is 2.98. The Bertz CT molecular complexity index is 806. The van der Waals surface area contributed by atoms with E-state index in [4.69, 9.17) is 0 Å². The number of fused-ring (bicyclic) bond motifs is 3. The van der Waals surface area contributed by atoms with Crippen molar-refractivity contribution in [2.45, 2.75) is 6.04 Å². The Labute approximate surface area is 121 Å². The maximum absolute atomic E-state index is 11.4. The molecule has 0 atom stereocenters. The number of nitrogens with zero attached hydrogens (tertiary/aromatic N) is 2. The molecule has 1 aliphatic carbocycles. The van der Waals surface area contributed by atoms with Gasteiger partial charge >= 0.3 is 5.97 Å². The third-order valence-electron chi connectivity index (χ3n) is 3.96. The Hall–Kier alpha value is -2.88. The predicted octanol–water partition coefficient (Wildman–Crippen LogP) is 3.20. The molecule has 21 heavy (non-hydrogen) atoms. The molecule has 2 aromatic carbocycles. The Balaban J connectivity index is 2.01. The normalized spacial score (nSPS) is 13.0. The molecule has 1 aromatic heterocycles. The van der Waals surface area contributed by atoms with Crippen molar-refractivity contribution in [3.8, 4) is 11.1 Å². The number of benzene rings is 2. The number of hydrogen-bond acceptors (Lipinski definition) is 2. The largest absolute Gasteiger partial charge is 0.477 e. The Kier molecular flexibility index (Phi) is 2.44. The third-order valence-corrected chi connectivity index (χ3v) is 3.96. The minimum absolute atomic E-state index is 0.133. The van der Waals surface area contributed by atoms with E-state index in [2.05, 4.69) is 17.1 Å². The van der Waals surface area contributed by atoms with Gasteiger partial charge in [-0.05, 0) is 22.3 Å². The van der Waals surface area contributed by atoms with E-state index in [0.717, 1.165) is 22.3 Å². The number of carboxylic acids is 1. The highest BCUT2D eigenvalue weighted by Gasteiger charge is 2.31. The summed E-state index contributed by atoms with van der Waals surface area (Å²) in [5.41, 5.74) is 4.73. The number of hydrogen-bond donors (Lipinski definition) is 1. The van der Waals surface area contributed by atoms with Crippen molar-refractivity contribution in [3.05, 3.63) is 77.9 Å². The second-order valence-corrected chi connectivity index (χ2v) is 5.07. The van der Waals surface area contributed by atoms with Crippen LogP contribution in [0.4, 0.5) is 0 Å². The van der Waals surface area contributed by atoms with Gasteiger partial charge in [-0.2, -0.15) is 0 Å². The van der Waals surface area contributed by atoms with Gasteiger partial charge in [0.05, 0.1) is 18.6 Å². The molecule has 0 bridgehead atoms. The van der Waals surface area contributed by atoms with Crippen molar-refractivity contribution < 1.29 is 9.90 Å². The van der Waals surface area contributed by atoms with Crippen LogP contribution in [0.25, 0.3) is 11.1 Å². The first-order chi connectivity index (χ1) is 10.3. The van der Waals surface area contributed by atoms with Gasteiger partial charge in [0.2, 0.25) is 0 Å². The Morgan fingerprint density at radius 2 is 1.57 bits per heavy atom. The lowest BCUT2D eigenvalue weighted by atomic mass is 10.1. The van der Waals surface area contributed by atoms with Crippen LogP contribution >= 0.6 is 0 Å². The SMILES string of the molecule is O=C(O)c1cncn1C1c2ccccc2-c2ccccc21. The molecule has 0 unspecified atom stereocenters. The van der Waals surface area contributed by atoms with Gasteiger partial charge in [-0.15, -0.1) is 0 Å². The summed E-state index contributed by atoms with van der Waals surface area (Å²) in [7, 11) is 0. The number of imidazole rings is 1. The predicted molar refractivity (Wildman–Crippen MR) is 78.3 cm³/mol. The van der Waals surface area contributed by atoms with E-state index in [1.54, 1.807) is 10.9 Å². The average molecular weight is 276 g/mol. The summed E-state index contributed by atoms with van der Waals surface area (Å²) < 4.78 is 1.73. The van der Waals surface area contributed by atoms with E-state index in [1.165, 1.54) is 6.20 Å². The highest BCUT2D eigenvalue weighted by molar-refractivity contribution is 5.86. The quantitative estimate of drug-likeness (QED) is 0.611. The first-order valence-corrected chi connectivity index (χ1v) is 6.70. The lowest BCUT2D eigenvalue weighted by molar-refractivity contribution is 0.0684. The van der Waals surface area contributed by atoms with Crippen LogP contribution in [0.2, 0.25) is 0 Å². The van der Waals surface area contributed by atoms with Crippen LogP contribution in [0.1, 0.15) is 27.7 Å². The molecule has 4 heteroatoms. The molecule has 0 amide bonds. The van der Waals surface area contributed by atoms with Gasteiger partial charge in [0, 0.05) is 0 Å². The van der Waals surface area contributed by atoms with Crippen LogP contribution in [0.3, 0.4) is 0 Å². The molecule has 3 aromatic rings. The number of rotatable bonds is 2. The minimum atomic E-state index is -0.964. The zero-order valence-electron chi connectivity index (χ0n) is 11.1. The van der Waals surface area contributed by atoms with Crippen molar-refractivity contribution in [2.75, 3.05) is 0 Å². The molecule has 0 spiro atoms. The number of carbonyl (C=O) groups is 1. The lowest BCUT2D eigenvalue weighted by Crippen LogP contribution is -2.14. The van der Waals surface area contributed by atoms with E-state index >= 15 is 0 Å². The fourth-order valence-corrected chi connectivity index (χ4v) is 3.10.